The van der Waals surface area contributed by atoms with Crippen LogP contribution in [0.3, 0.4) is 0 Å². The number of hydrogen-bond acceptors (Lipinski definition) is 4. The van der Waals surface area contributed by atoms with E-state index in [0.717, 1.165) is 29.2 Å². The molecule has 2 aliphatic heterocycles. The number of hydrogen-bond donors (Lipinski definition) is 0. The molecule has 0 fully saturated rings. The molecule has 14 rings (SSSR count). The van der Waals surface area contributed by atoms with Crippen LogP contribution in [0, 0.1) is 0 Å². The van der Waals surface area contributed by atoms with E-state index in [0.29, 0.717) is 0 Å². The molecule has 410 valence electrons. The first kappa shape index (κ1) is 52.7. The largest absolute Gasteiger partial charge is 0.376 e. The van der Waals surface area contributed by atoms with Crippen molar-refractivity contribution in [3.05, 3.63) is 215 Å². The second-order valence-electron chi connectivity index (χ2n) is 29.3. The Morgan fingerprint density at radius 1 is 0.439 bits per heavy atom. The lowest BCUT2D eigenvalue weighted by Gasteiger charge is -2.48. The Balaban J connectivity index is 1.12. The molecule has 0 saturated carbocycles. The lowest BCUT2D eigenvalue weighted by Crippen LogP contribution is -2.62. The first-order valence-corrected chi connectivity index (χ1v) is 30.9. The van der Waals surface area contributed by atoms with Gasteiger partial charge in [0.05, 0.1) is 0 Å². The van der Waals surface area contributed by atoms with Crippen LogP contribution < -0.4 is 25.5 Å². The summed E-state index contributed by atoms with van der Waals surface area (Å²) in [5.41, 5.74) is 26.9. The topological polar surface area (TPSA) is 9.72 Å². The maximum atomic E-state index is 2.79. The third kappa shape index (κ3) is 8.02. The molecule has 10 aromatic rings. The molecular formula is C77H78BN3S. The molecule has 0 spiro atoms. The zero-order valence-corrected chi connectivity index (χ0v) is 51.8. The SMILES string of the molecule is CC(C)(C)c1ccc(N(c2ccc(C(C)(C)C)cc2)c2ccc3c(c2)N(c2ccc(C(C)(C)C)cc2)c2c4c(cc5c2C(C)(C)c2ccccc2-5)-c2cc5c(cc2N(c2ccc6c(c2)C(C)(C)CCC6(C)C)B34)sc2ccccc25)cc1. The summed E-state index contributed by atoms with van der Waals surface area (Å²) in [5.74, 6) is 0. The van der Waals surface area contributed by atoms with Crippen LogP contribution in [-0.4, -0.2) is 6.85 Å². The molecule has 2 aliphatic carbocycles. The Bertz CT molecular complexity index is 4190. The van der Waals surface area contributed by atoms with Crippen LogP contribution >= 0.6 is 11.3 Å². The van der Waals surface area contributed by atoms with Crippen LogP contribution in [0.25, 0.3) is 42.4 Å². The Labute approximate surface area is 492 Å². The van der Waals surface area contributed by atoms with Gasteiger partial charge in [0.1, 0.15) is 0 Å². The van der Waals surface area contributed by atoms with E-state index >= 15 is 0 Å². The Morgan fingerprint density at radius 2 is 1.00 bits per heavy atom. The average molecular weight is 1090 g/mol. The standard InChI is InChI=1S/C77H78BN3S/c1-72(2,3)47-24-30-50(31-25-47)79(51-32-26-48(27-33-51)73(4,5)6)53-37-39-64-66(43-53)80(52-34-28-49(29-35-52)74(7,8)9)71-69-59(55-20-16-18-22-61(55)77(69,14)15)45-60-57-44-58-56-21-17-19-23-67(56)82-68(58)46-65(57)81(78(64)70(60)71)54-36-38-62-63(42-54)76(12,13)41-40-75(62,10)11/h16-39,42-46H,40-41H2,1-15H3. The van der Waals surface area contributed by atoms with Gasteiger partial charge in [0.15, 0.2) is 0 Å². The minimum Gasteiger partial charge on any atom is -0.376 e. The van der Waals surface area contributed by atoms with Crippen molar-refractivity contribution in [3.63, 3.8) is 0 Å². The van der Waals surface area contributed by atoms with Gasteiger partial charge >= 0.3 is 6.85 Å². The summed E-state index contributed by atoms with van der Waals surface area (Å²) in [4.78, 5) is 7.99. The predicted molar refractivity (Wildman–Crippen MR) is 357 cm³/mol. The summed E-state index contributed by atoms with van der Waals surface area (Å²) in [7, 11) is 0. The van der Waals surface area contributed by atoms with Gasteiger partial charge in [-0.25, -0.2) is 0 Å². The molecular weight excluding hydrogens is 1010 g/mol. The van der Waals surface area contributed by atoms with Gasteiger partial charge in [0.2, 0.25) is 0 Å². The van der Waals surface area contributed by atoms with Crippen LogP contribution in [0.4, 0.5) is 45.5 Å². The average Bonchev–Trinajstić information content (AvgIpc) is 1.34. The smallest absolute Gasteiger partial charge is 0.333 e. The second kappa shape index (κ2) is 17.8. The van der Waals surface area contributed by atoms with Crippen molar-refractivity contribution in [3.8, 4) is 22.3 Å². The molecule has 0 radical (unpaired) electrons. The van der Waals surface area contributed by atoms with Crippen molar-refractivity contribution in [2.24, 2.45) is 0 Å². The molecule has 0 saturated heterocycles. The molecule has 4 aliphatic rings. The van der Waals surface area contributed by atoms with E-state index in [4.69, 9.17) is 0 Å². The number of benzene rings is 9. The third-order valence-electron chi connectivity index (χ3n) is 19.6. The van der Waals surface area contributed by atoms with Crippen LogP contribution in [0.5, 0.6) is 0 Å². The minimum absolute atomic E-state index is 0.0149. The summed E-state index contributed by atoms with van der Waals surface area (Å²) < 4.78 is 2.64. The lowest BCUT2D eigenvalue weighted by molar-refractivity contribution is 0.332. The number of thiophene rings is 1. The molecule has 1 aromatic heterocycles. The molecule has 3 nitrogen and oxygen atoms in total. The van der Waals surface area contributed by atoms with E-state index in [1.807, 2.05) is 11.3 Å². The highest BCUT2D eigenvalue weighted by atomic mass is 32.1. The molecule has 0 amide bonds. The molecule has 0 atom stereocenters. The van der Waals surface area contributed by atoms with Crippen molar-refractivity contribution in [1.29, 1.82) is 0 Å². The molecule has 82 heavy (non-hydrogen) atoms. The van der Waals surface area contributed by atoms with E-state index in [2.05, 4.69) is 294 Å². The van der Waals surface area contributed by atoms with Gasteiger partial charge in [-0.3, -0.25) is 0 Å². The van der Waals surface area contributed by atoms with Gasteiger partial charge in [-0.15, -0.1) is 11.3 Å². The minimum atomic E-state index is -0.324. The quantitative estimate of drug-likeness (QED) is 0.159. The molecule has 5 heteroatoms. The monoisotopic (exact) mass is 1090 g/mol. The molecule has 3 heterocycles. The highest BCUT2D eigenvalue weighted by Crippen LogP contribution is 2.59. The summed E-state index contributed by atoms with van der Waals surface area (Å²) in [6.45, 7) is 35.5. The maximum absolute atomic E-state index is 2.79. The molecule has 0 unspecified atom stereocenters. The van der Waals surface area contributed by atoms with Crippen molar-refractivity contribution in [2.45, 2.75) is 149 Å². The molecule has 9 aromatic carbocycles. The van der Waals surface area contributed by atoms with Crippen LogP contribution in [0.2, 0.25) is 0 Å². The van der Waals surface area contributed by atoms with Crippen molar-refractivity contribution in [2.75, 3.05) is 14.6 Å². The predicted octanol–water partition coefficient (Wildman–Crippen LogP) is 20.8. The van der Waals surface area contributed by atoms with E-state index in [1.165, 1.54) is 121 Å². The fourth-order valence-corrected chi connectivity index (χ4v) is 15.8. The lowest BCUT2D eigenvalue weighted by atomic mass is 9.42. The van der Waals surface area contributed by atoms with Gasteiger partial charge in [-0.1, -0.05) is 195 Å². The molecule has 0 N–H and O–H groups in total. The Kier molecular flexibility index (Phi) is 11.5. The number of nitrogens with zero attached hydrogens (tertiary/aromatic N) is 3. The fourth-order valence-electron chi connectivity index (χ4n) is 14.7. The Hall–Kier alpha value is -7.34. The molecule has 0 bridgehead atoms. The Morgan fingerprint density at radius 3 is 1.63 bits per heavy atom. The number of rotatable bonds is 5. The summed E-state index contributed by atoms with van der Waals surface area (Å²) in [5, 5.41) is 2.64. The zero-order valence-electron chi connectivity index (χ0n) is 51.0. The van der Waals surface area contributed by atoms with Crippen molar-refractivity contribution >= 4 is 94.8 Å². The number of anilines is 8. The van der Waals surface area contributed by atoms with E-state index in [1.54, 1.807) is 0 Å². The summed E-state index contributed by atoms with van der Waals surface area (Å²) >= 11 is 1.92. The van der Waals surface area contributed by atoms with Gasteiger partial charge < -0.3 is 14.6 Å². The first-order chi connectivity index (χ1) is 38.8. The van der Waals surface area contributed by atoms with Crippen LogP contribution in [0.1, 0.15) is 156 Å². The van der Waals surface area contributed by atoms with Crippen LogP contribution in [-0.2, 0) is 32.5 Å². The third-order valence-corrected chi connectivity index (χ3v) is 20.7. The van der Waals surface area contributed by atoms with E-state index in [9.17, 15) is 0 Å². The first-order valence-electron chi connectivity index (χ1n) is 30.1. The normalized spacial score (nSPS) is 16.4. The van der Waals surface area contributed by atoms with Gasteiger partial charge in [0, 0.05) is 76.6 Å². The van der Waals surface area contributed by atoms with Crippen LogP contribution in [0.15, 0.2) is 176 Å². The van der Waals surface area contributed by atoms with E-state index < -0.39 is 0 Å². The van der Waals surface area contributed by atoms with Gasteiger partial charge in [-0.2, -0.15) is 0 Å². The van der Waals surface area contributed by atoms with Gasteiger partial charge in [0.25, 0.3) is 0 Å². The highest BCUT2D eigenvalue weighted by molar-refractivity contribution is 7.25. The summed E-state index contributed by atoms with van der Waals surface area (Å²) in [6.07, 6.45) is 2.32. The van der Waals surface area contributed by atoms with Gasteiger partial charge in [-0.05, 0) is 191 Å². The van der Waals surface area contributed by atoms with Crippen molar-refractivity contribution in [1.82, 2.24) is 0 Å². The van der Waals surface area contributed by atoms with Crippen molar-refractivity contribution < 1.29 is 0 Å². The number of fused-ring (bicyclic) bond motifs is 12. The maximum Gasteiger partial charge on any atom is 0.333 e. The highest BCUT2D eigenvalue weighted by Gasteiger charge is 2.51. The summed E-state index contributed by atoms with van der Waals surface area (Å²) in [6, 6.07) is 69.4. The zero-order chi connectivity index (χ0) is 57.4. The van der Waals surface area contributed by atoms with E-state index in [-0.39, 0.29) is 39.3 Å². The fraction of sp³-hybridized carbons (Fsp3) is 0.299. The second-order valence-corrected chi connectivity index (χ2v) is 30.4.